The van der Waals surface area contributed by atoms with Gasteiger partial charge in [-0.2, -0.15) is 5.26 Å². The first-order valence-corrected chi connectivity index (χ1v) is 4.65. The number of hydrogen-bond acceptors (Lipinski definition) is 3. The van der Waals surface area contributed by atoms with Crippen molar-refractivity contribution in [3.63, 3.8) is 0 Å². The van der Waals surface area contributed by atoms with Crippen LogP contribution in [0.5, 0.6) is 0 Å². The Morgan fingerprint density at radius 3 is 2.60 bits per heavy atom. The van der Waals surface area contributed by atoms with Gasteiger partial charge in [0, 0.05) is 19.3 Å². The summed E-state index contributed by atoms with van der Waals surface area (Å²) in [4.78, 5) is 6.14. The summed E-state index contributed by atoms with van der Waals surface area (Å²) in [5, 5.41) is 8.94. The van der Waals surface area contributed by atoms with Gasteiger partial charge < -0.3 is 4.90 Å². The SMILES string of the molecule is C=CCN(CC=C)c1ncccc1C#N. The van der Waals surface area contributed by atoms with Crippen LogP contribution in [-0.2, 0) is 0 Å². The third-order valence-corrected chi connectivity index (χ3v) is 1.91. The monoisotopic (exact) mass is 199 g/mol. The molecule has 3 nitrogen and oxygen atoms in total. The van der Waals surface area contributed by atoms with Gasteiger partial charge in [0.25, 0.3) is 0 Å². The standard InChI is InChI=1S/C12H13N3/c1-3-8-15(9-4-2)12-11(10-13)6-5-7-14-12/h3-7H,1-2,8-9H2. The first kappa shape index (κ1) is 11.0. The lowest BCUT2D eigenvalue weighted by molar-refractivity contribution is 0.923. The Hall–Kier alpha value is -2.08. The van der Waals surface area contributed by atoms with Gasteiger partial charge in [0.1, 0.15) is 11.9 Å². The van der Waals surface area contributed by atoms with Crippen LogP contribution in [0.1, 0.15) is 5.56 Å². The van der Waals surface area contributed by atoms with Crippen molar-refractivity contribution in [2.24, 2.45) is 0 Å². The highest BCUT2D eigenvalue weighted by Crippen LogP contribution is 2.15. The van der Waals surface area contributed by atoms with Crippen molar-refractivity contribution in [1.29, 1.82) is 5.26 Å². The maximum Gasteiger partial charge on any atom is 0.147 e. The first-order valence-electron chi connectivity index (χ1n) is 4.65. The van der Waals surface area contributed by atoms with Gasteiger partial charge in [-0.1, -0.05) is 12.2 Å². The molecule has 0 aliphatic heterocycles. The van der Waals surface area contributed by atoms with Gasteiger partial charge in [-0.25, -0.2) is 4.98 Å². The molecular formula is C12H13N3. The lowest BCUT2D eigenvalue weighted by Crippen LogP contribution is -2.25. The molecular weight excluding hydrogens is 186 g/mol. The summed E-state index contributed by atoms with van der Waals surface area (Å²) in [6.45, 7) is 8.66. The first-order chi connectivity index (χ1) is 7.33. The van der Waals surface area contributed by atoms with Gasteiger partial charge in [-0.15, -0.1) is 13.2 Å². The minimum atomic E-state index is 0.571. The molecule has 0 amide bonds. The highest BCUT2D eigenvalue weighted by Gasteiger charge is 2.08. The number of anilines is 1. The van der Waals surface area contributed by atoms with Crippen molar-refractivity contribution >= 4 is 5.82 Å². The molecule has 1 aromatic rings. The van der Waals surface area contributed by atoms with E-state index in [1.54, 1.807) is 30.5 Å². The van der Waals surface area contributed by atoms with Gasteiger partial charge in [0.05, 0.1) is 5.56 Å². The van der Waals surface area contributed by atoms with Crippen molar-refractivity contribution in [1.82, 2.24) is 4.98 Å². The zero-order valence-electron chi connectivity index (χ0n) is 8.56. The van der Waals surface area contributed by atoms with Gasteiger partial charge in [0.15, 0.2) is 0 Å². The zero-order valence-corrected chi connectivity index (χ0v) is 8.56. The lowest BCUT2D eigenvalue weighted by atomic mass is 10.2. The molecule has 1 heterocycles. The number of nitrogens with zero attached hydrogens (tertiary/aromatic N) is 3. The Morgan fingerprint density at radius 2 is 2.07 bits per heavy atom. The zero-order chi connectivity index (χ0) is 11.1. The molecule has 0 unspecified atom stereocenters. The van der Waals surface area contributed by atoms with E-state index in [2.05, 4.69) is 24.2 Å². The summed E-state index contributed by atoms with van der Waals surface area (Å²) < 4.78 is 0. The quantitative estimate of drug-likeness (QED) is 0.682. The predicted octanol–water partition coefficient (Wildman–Crippen LogP) is 2.13. The molecule has 76 valence electrons. The summed E-state index contributed by atoms with van der Waals surface area (Å²) in [5.41, 5.74) is 0.571. The fourth-order valence-electron chi connectivity index (χ4n) is 1.30. The Morgan fingerprint density at radius 1 is 1.40 bits per heavy atom. The second kappa shape index (κ2) is 5.61. The molecule has 0 aliphatic rings. The van der Waals surface area contributed by atoms with E-state index >= 15 is 0 Å². The normalized spacial score (nSPS) is 9.00. The van der Waals surface area contributed by atoms with E-state index < -0.39 is 0 Å². The number of pyridine rings is 1. The van der Waals surface area contributed by atoms with E-state index in [4.69, 9.17) is 5.26 Å². The summed E-state index contributed by atoms with van der Waals surface area (Å²) in [7, 11) is 0. The van der Waals surface area contributed by atoms with Gasteiger partial charge in [0.2, 0.25) is 0 Å². The molecule has 0 saturated carbocycles. The minimum Gasteiger partial charge on any atom is -0.348 e. The van der Waals surface area contributed by atoms with E-state index in [0.29, 0.717) is 24.5 Å². The topological polar surface area (TPSA) is 39.9 Å². The van der Waals surface area contributed by atoms with Crippen LogP contribution in [0, 0.1) is 11.3 Å². The molecule has 0 spiro atoms. The van der Waals surface area contributed by atoms with E-state index in [9.17, 15) is 0 Å². The smallest absolute Gasteiger partial charge is 0.147 e. The molecule has 3 heteroatoms. The van der Waals surface area contributed by atoms with Crippen LogP contribution < -0.4 is 4.90 Å². The van der Waals surface area contributed by atoms with Crippen LogP contribution in [0.4, 0.5) is 5.82 Å². The van der Waals surface area contributed by atoms with E-state index in [0.717, 1.165) is 0 Å². The predicted molar refractivity (Wildman–Crippen MR) is 61.6 cm³/mol. The van der Waals surface area contributed by atoms with Crippen molar-refractivity contribution in [2.75, 3.05) is 18.0 Å². The average molecular weight is 199 g/mol. The molecule has 0 radical (unpaired) electrons. The lowest BCUT2D eigenvalue weighted by Gasteiger charge is -2.20. The van der Waals surface area contributed by atoms with Crippen LogP contribution >= 0.6 is 0 Å². The van der Waals surface area contributed by atoms with Crippen LogP contribution in [0.15, 0.2) is 43.6 Å². The summed E-state index contributed by atoms with van der Waals surface area (Å²) in [6, 6.07) is 5.62. The van der Waals surface area contributed by atoms with Crippen LogP contribution in [0.25, 0.3) is 0 Å². The fourth-order valence-corrected chi connectivity index (χ4v) is 1.30. The molecule has 0 bridgehead atoms. The largest absolute Gasteiger partial charge is 0.348 e. The van der Waals surface area contributed by atoms with Crippen LogP contribution in [0.3, 0.4) is 0 Å². The summed E-state index contributed by atoms with van der Waals surface area (Å²) >= 11 is 0. The van der Waals surface area contributed by atoms with E-state index in [1.807, 2.05) is 4.90 Å². The second-order valence-electron chi connectivity index (χ2n) is 2.97. The third-order valence-electron chi connectivity index (χ3n) is 1.91. The number of hydrogen-bond donors (Lipinski definition) is 0. The Kier molecular flexibility index (Phi) is 4.11. The average Bonchev–Trinajstić information content (AvgIpc) is 2.29. The summed E-state index contributed by atoms with van der Waals surface area (Å²) in [6.07, 6.45) is 5.23. The highest BCUT2D eigenvalue weighted by atomic mass is 15.2. The van der Waals surface area contributed by atoms with Crippen molar-refractivity contribution in [2.45, 2.75) is 0 Å². The van der Waals surface area contributed by atoms with Crippen LogP contribution in [-0.4, -0.2) is 18.1 Å². The Labute approximate surface area is 90.0 Å². The fraction of sp³-hybridized carbons (Fsp3) is 0.167. The highest BCUT2D eigenvalue weighted by molar-refractivity contribution is 5.54. The maximum absolute atomic E-state index is 8.94. The molecule has 0 atom stereocenters. The Bertz CT molecular complexity index is 380. The van der Waals surface area contributed by atoms with Gasteiger partial charge in [-0.3, -0.25) is 0 Å². The Balaban J connectivity index is 3.04. The van der Waals surface area contributed by atoms with Crippen LogP contribution in [0.2, 0.25) is 0 Å². The van der Waals surface area contributed by atoms with E-state index in [1.165, 1.54) is 0 Å². The number of rotatable bonds is 5. The second-order valence-corrected chi connectivity index (χ2v) is 2.97. The molecule has 1 aromatic heterocycles. The maximum atomic E-state index is 8.94. The summed E-state index contributed by atoms with van der Waals surface area (Å²) in [5.74, 6) is 0.680. The number of nitriles is 1. The van der Waals surface area contributed by atoms with Crippen molar-refractivity contribution in [3.05, 3.63) is 49.2 Å². The van der Waals surface area contributed by atoms with Crippen molar-refractivity contribution in [3.8, 4) is 6.07 Å². The minimum absolute atomic E-state index is 0.571. The molecule has 0 aliphatic carbocycles. The third kappa shape index (κ3) is 2.68. The molecule has 0 N–H and O–H groups in total. The molecule has 0 aromatic carbocycles. The molecule has 15 heavy (non-hydrogen) atoms. The van der Waals surface area contributed by atoms with Gasteiger partial charge >= 0.3 is 0 Å². The van der Waals surface area contributed by atoms with E-state index in [-0.39, 0.29) is 0 Å². The number of aromatic nitrogens is 1. The van der Waals surface area contributed by atoms with Gasteiger partial charge in [-0.05, 0) is 12.1 Å². The molecule has 1 rings (SSSR count). The molecule has 0 saturated heterocycles. The van der Waals surface area contributed by atoms with Crippen molar-refractivity contribution < 1.29 is 0 Å². The molecule has 0 fully saturated rings.